The summed E-state index contributed by atoms with van der Waals surface area (Å²) in [6, 6.07) is 0. The molecule has 5 rings (SSSR count). The van der Waals surface area contributed by atoms with Gasteiger partial charge in [-0.3, -0.25) is 19.2 Å². The van der Waals surface area contributed by atoms with E-state index >= 15 is 0 Å². The van der Waals surface area contributed by atoms with Crippen LogP contribution in [-0.4, -0.2) is 72.1 Å². The minimum absolute atomic E-state index is 0.0219. The van der Waals surface area contributed by atoms with E-state index in [1.807, 2.05) is 13.8 Å². The molecule has 2 saturated heterocycles. The quantitative estimate of drug-likeness (QED) is 0.305. The monoisotopic (exact) mass is 560 g/mol. The molecule has 0 radical (unpaired) electrons. The molecule has 2 aliphatic carbocycles. The molecular formula is C29H36O11. The number of cyclic esters (lactones) is 2. The highest BCUT2D eigenvalue weighted by atomic mass is 16.6. The fourth-order valence-electron chi connectivity index (χ4n) is 8.25. The Morgan fingerprint density at radius 3 is 2.40 bits per heavy atom. The highest BCUT2D eigenvalue weighted by Gasteiger charge is 2.75. The molecule has 0 aromatic heterocycles. The van der Waals surface area contributed by atoms with E-state index in [2.05, 4.69) is 6.58 Å². The molecule has 2 bridgehead atoms. The van der Waals surface area contributed by atoms with Gasteiger partial charge in [-0.15, -0.1) is 0 Å². The van der Waals surface area contributed by atoms with Gasteiger partial charge in [0, 0.05) is 30.1 Å². The summed E-state index contributed by atoms with van der Waals surface area (Å²) in [5.74, 6) is -4.14. The number of rotatable bonds is 4. The van der Waals surface area contributed by atoms with E-state index in [0.717, 1.165) is 0 Å². The second-order valence-electron chi connectivity index (χ2n) is 12.7. The van der Waals surface area contributed by atoms with Crippen LogP contribution in [0.15, 0.2) is 23.8 Å². The third-order valence-corrected chi connectivity index (χ3v) is 10.4. The van der Waals surface area contributed by atoms with Gasteiger partial charge in [0.25, 0.3) is 0 Å². The Morgan fingerprint density at radius 1 is 1.15 bits per heavy atom. The number of hydrogen-bond acceptors (Lipinski definition) is 11. The van der Waals surface area contributed by atoms with Gasteiger partial charge in [0.1, 0.15) is 23.6 Å². The minimum atomic E-state index is -1.48. The molecule has 9 atom stereocenters. The van der Waals surface area contributed by atoms with Gasteiger partial charge in [-0.25, -0.2) is 4.79 Å². The van der Waals surface area contributed by atoms with Crippen molar-refractivity contribution >= 4 is 29.7 Å². The van der Waals surface area contributed by atoms with Crippen molar-refractivity contribution in [2.45, 2.75) is 90.5 Å². The van der Waals surface area contributed by atoms with Gasteiger partial charge < -0.3 is 28.8 Å². The summed E-state index contributed by atoms with van der Waals surface area (Å²) in [6.07, 6.45) is -3.11. The standard InChI is InChI=1S/C29H36O11/c1-13-16-11-27(5)24(15-8-21(32)39-25(15)35)38-22(33)12-29(13,27)40-19-10-18(37-14(2)30)26(3,4)17(9-20(31)36-7)28(19,6)23(16)34/h8,16-19,21,24,32H,1,9-12H2,2-7H3/t16-,17-,18+,19-,21-,24-,27-,28+,29-/m0/s1. The van der Waals surface area contributed by atoms with Crippen LogP contribution >= 0.6 is 0 Å². The molecule has 1 N–H and O–H groups in total. The van der Waals surface area contributed by atoms with Gasteiger partial charge in [-0.1, -0.05) is 27.4 Å². The predicted octanol–water partition coefficient (Wildman–Crippen LogP) is 1.94. The highest BCUT2D eigenvalue weighted by Crippen LogP contribution is 2.68. The molecule has 40 heavy (non-hydrogen) atoms. The average Bonchev–Trinajstić information content (AvgIpc) is 3.29. The second kappa shape index (κ2) is 8.97. The van der Waals surface area contributed by atoms with Gasteiger partial charge in [0.05, 0.1) is 37.0 Å². The van der Waals surface area contributed by atoms with Crippen molar-refractivity contribution in [1.29, 1.82) is 0 Å². The first-order valence-electron chi connectivity index (χ1n) is 13.5. The average molecular weight is 561 g/mol. The lowest BCUT2D eigenvalue weighted by Gasteiger charge is -2.59. The molecule has 5 aliphatic rings. The van der Waals surface area contributed by atoms with Crippen LogP contribution in [0.1, 0.15) is 60.3 Å². The summed E-state index contributed by atoms with van der Waals surface area (Å²) in [7, 11) is 1.27. The number of carbonyl (C=O) groups is 5. The molecule has 11 nitrogen and oxygen atoms in total. The molecule has 0 unspecified atom stereocenters. The largest absolute Gasteiger partial charge is 0.469 e. The zero-order valence-electron chi connectivity index (χ0n) is 23.6. The number of hydrogen-bond donors (Lipinski definition) is 1. The maximum atomic E-state index is 14.7. The lowest BCUT2D eigenvalue weighted by atomic mass is 9.50. The lowest BCUT2D eigenvalue weighted by Crippen LogP contribution is -2.66. The topological polar surface area (TPSA) is 152 Å². The van der Waals surface area contributed by atoms with Crippen molar-refractivity contribution in [2.75, 3.05) is 7.11 Å². The molecule has 3 aliphatic heterocycles. The number of ether oxygens (including phenoxy) is 5. The van der Waals surface area contributed by atoms with Gasteiger partial charge in [-0.05, 0) is 30.9 Å². The molecule has 218 valence electrons. The SMILES string of the molecule is C=C1[C@@H]2C[C@@]3(C)[C@H](C4=C[C@@H](O)OC4=O)OC(=O)C[C@]13O[C@H]1C[C@@H](OC(C)=O)C(C)(C)[C@H](CC(=O)OC)[C@@]1(C)C2=O. The van der Waals surface area contributed by atoms with Crippen LogP contribution in [0.4, 0.5) is 0 Å². The number of aliphatic hydroxyl groups is 1. The fourth-order valence-corrected chi connectivity index (χ4v) is 8.25. The van der Waals surface area contributed by atoms with E-state index < -0.39 is 82.2 Å². The van der Waals surface area contributed by atoms with Crippen LogP contribution in [0.2, 0.25) is 0 Å². The molecule has 0 amide bonds. The zero-order valence-corrected chi connectivity index (χ0v) is 23.6. The maximum absolute atomic E-state index is 14.7. The molecule has 1 spiro atoms. The Labute approximate surface area is 232 Å². The summed E-state index contributed by atoms with van der Waals surface area (Å²) in [5, 5.41) is 9.93. The van der Waals surface area contributed by atoms with Gasteiger partial charge in [0.15, 0.2) is 0 Å². The molecule has 0 aromatic rings. The zero-order chi connectivity index (χ0) is 29.6. The van der Waals surface area contributed by atoms with Crippen LogP contribution in [-0.2, 0) is 47.7 Å². The van der Waals surface area contributed by atoms with Crippen LogP contribution in [0, 0.1) is 28.1 Å². The molecular weight excluding hydrogens is 524 g/mol. The van der Waals surface area contributed by atoms with E-state index in [9.17, 15) is 29.1 Å². The maximum Gasteiger partial charge on any atom is 0.340 e. The highest BCUT2D eigenvalue weighted by molar-refractivity contribution is 5.95. The second-order valence-corrected chi connectivity index (χ2v) is 12.7. The Balaban J connectivity index is 1.67. The van der Waals surface area contributed by atoms with Crippen molar-refractivity contribution < 1.29 is 52.8 Å². The van der Waals surface area contributed by atoms with Crippen LogP contribution in [0.5, 0.6) is 0 Å². The van der Waals surface area contributed by atoms with Crippen molar-refractivity contribution in [2.24, 2.45) is 28.1 Å². The van der Waals surface area contributed by atoms with E-state index in [4.69, 9.17) is 23.7 Å². The number of esters is 4. The summed E-state index contributed by atoms with van der Waals surface area (Å²) < 4.78 is 28.3. The van der Waals surface area contributed by atoms with Crippen LogP contribution in [0.3, 0.4) is 0 Å². The first kappa shape index (κ1) is 28.5. The van der Waals surface area contributed by atoms with Crippen molar-refractivity contribution in [1.82, 2.24) is 0 Å². The number of methoxy groups -OCH3 is 1. The third kappa shape index (κ3) is 3.66. The first-order chi connectivity index (χ1) is 18.5. The van der Waals surface area contributed by atoms with Gasteiger partial charge in [-0.2, -0.15) is 0 Å². The molecule has 3 heterocycles. The first-order valence-corrected chi connectivity index (χ1v) is 13.5. The molecule has 0 aromatic carbocycles. The Bertz CT molecular complexity index is 1250. The third-order valence-electron chi connectivity index (χ3n) is 10.4. The number of carbonyl (C=O) groups excluding carboxylic acids is 5. The number of Topliss-reactive ketones (excluding diaryl/α,β-unsaturated/α-hetero) is 1. The summed E-state index contributed by atoms with van der Waals surface area (Å²) in [6.45, 7) is 12.9. The Morgan fingerprint density at radius 2 is 1.82 bits per heavy atom. The van der Waals surface area contributed by atoms with Gasteiger partial charge >= 0.3 is 23.9 Å². The Hall–Kier alpha value is -3.05. The predicted molar refractivity (Wildman–Crippen MR) is 135 cm³/mol. The number of aliphatic hydroxyl groups excluding tert-OH is 1. The van der Waals surface area contributed by atoms with E-state index in [1.165, 1.54) is 20.1 Å². The minimum Gasteiger partial charge on any atom is -0.469 e. The van der Waals surface area contributed by atoms with E-state index in [0.29, 0.717) is 5.57 Å². The Kier molecular flexibility index (Phi) is 6.39. The van der Waals surface area contributed by atoms with Crippen molar-refractivity contribution in [3.8, 4) is 0 Å². The molecule has 2 saturated carbocycles. The summed E-state index contributed by atoms with van der Waals surface area (Å²) in [5.41, 5.74) is -4.20. The van der Waals surface area contributed by atoms with Crippen molar-refractivity contribution in [3.63, 3.8) is 0 Å². The lowest BCUT2D eigenvalue weighted by molar-refractivity contribution is -0.254. The molecule has 11 heteroatoms. The number of ketones is 1. The van der Waals surface area contributed by atoms with Gasteiger partial charge in [0.2, 0.25) is 6.29 Å². The fraction of sp³-hybridized carbons (Fsp3) is 0.690. The van der Waals surface area contributed by atoms with E-state index in [1.54, 1.807) is 13.8 Å². The summed E-state index contributed by atoms with van der Waals surface area (Å²) >= 11 is 0. The van der Waals surface area contributed by atoms with Crippen LogP contribution < -0.4 is 0 Å². The summed E-state index contributed by atoms with van der Waals surface area (Å²) in [4.78, 5) is 65.3. The van der Waals surface area contributed by atoms with Crippen molar-refractivity contribution in [3.05, 3.63) is 23.8 Å². The number of fused-ring (bicyclic) bond motifs is 2. The smallest absolute Gasteiger partial charge is 0.340 e. The van der Waals surface area contributed by atoms with E-state index in [-0.39, 0.29) is 37.0 Å². The normalized spacial score (nSPS) is 43.5. The molecule has 4 fully saturated rings. The van der Waals surface area contributed by atoms with Crippen LogP contribution in [0.25, 0.3) is 0 Å².